The summed E-state index contributed by atoms with van der Waals surface area (Å²) < 4.78 is 4.18. The third-order valence-corrected chi connectivity index (χ3v) is 1.71. The summed E-state index contributed by atoms with van der Waals surface area (Å²) in [6, 6.07) is 0. The number of carbonyl (C=O) groups excluding carboxylic acids is 3. The summed E-state index contributed by atoms with van der Waals surface area (Å²) >= 11 is 0. The first kappa shape index (κ1) is 22.2. The van der Waals surface area contributed by atoms with E-state index in [-0.39, 0.29) is 5.48 Å². The highest BCUT2D eigenvalue weighted by Gasteiger charge is 1.87. The summed E-state index contributed by atoms with van der Waals surface area (Å²) in [6.07, 6.45) is 6.09. The molecule has 0 aromatic heterocycles. The van der Waals surface area contributed by atoms with Crippen molar-refractivity contribution < 1.29 is 24.6 Å². The number of ether oxygens (including phenoxy) is 1. The minimum Gasteiger partial charge on any atom is -0.450 e. The van der Waals surface area contributed by atoms with Gasteiger partial charge in [0.25, 0.3) is 0 Å². The highest BCUT2D eigenvalue weighted by molar-refractivity contribution is 5.64. The molecule has 0 heterocycles. The molecule has 0 aliphatic carbocycles. The van der Waals surface area contributed by atoms with Crippen molar-refractivity contribution in [3.63, 3.8) is 0 Å². The van der Waals surface area contributed by atoms with Crippen LogP contribution >= 0.6 is 0 Å². The molecular formula is C11H21N3O5. The molecule has 0 bridgehead atoms. The van der Waals surface area contributed by atoms with Crippen molar-refractivity contribution in [3.05, 3.63) is 0 Å². The van der Waals surface area contributed by atoms with Crippen LogP contribution in [-0.2, 0) is 14.3 Å². The molecular weight excluding hydrogens is 254 g/mol. The van der Waals surface area contributed by atoms with Crippen LogP contribution in [0.25, 0.3) is 0 Å². The normalized spacial score (nSPS) is 7.63. The number of primary amides is 1. The van der Waals surface area contributed by atoms with Crippen molar-refractivity contribution in [2.24, 2.45) is 15.7 Å². The zero-order valence-electron chi connectivity index (χ0n) is 11.1. The van der Waals surface area contributed by atoms with Crippen LogP contribution in [0.3, 0.4) is 0 Å². The van der Waals surface area contributed by atoms with Crippen LogP contribution in [-0.4, -0.2) is 43.4 Å². The first-order valence-corrected chi connectivity index (χ1v) is 5.68. The van der Waals surface area contributed by atoms with Crippen LogP contribution in [0.2, 0.25) is 0 Å². The number of aliphatic imine (C=N–C) groups is 2. The average molecular weight is 275 g/mol. The molecule has 0 unspecified atom stereocenters. The molecule has 0 saturated heterocycles. The van der Waals surface area contributed by atoms with E-state index in [2.05, 4.69) is 20.5 Å². The topological polar surface area (TPSA) is 143 Å². The third kappa shape index (κ3) is 31.4. The van der Waals surface area contributed by atoms with Crippen molar-refractivity contribution in [3.8, 4) is 0 Å². The Morgan fingerprint density at radius 1 is 1.05 bits per heavy atom. The van der Waals surface area contributed by atoms with E-state index in [0.717, 1.165) is 25.7 Å². The second-order valence-corrected chi connectivity index (χ2v) is 3.11. The van der Waals surface area contributed by atoms with E-state index in [1.54, 1.807) is 6.92 Å². The highest BCUT2D eigenvalue weighted by Crippen LogP contribution is 1.99. The van der Waals surface area contributed by atoms with E-state index in [4.69, 9.17) is 0 Å². The molecule has 0 fully saturated rings. The second kappa shape index (κ2) is 21.3. The molecule has 0 atom stereocenters. The lowest BCUT2D eigenvalue weighted by molar-refractivity contribution is 0.163. The first-order chi connectivity index (χ1) is 8.68. The maximum absolute atomic E-state index is 9.63. The molecule has 8 nitrogen and oxygen atoms in total. The number of unbranched alkanes of at least 4 members (excludes halogenated alkanes) is 3. The lowest BCUT2D eigenvalue weighted by Gasteiger charge is -1.93. The van der Waals surface area contributed by atoms with E-state index in [9.17, 15) is 14.4 Å². The number of isocyanates is 2. The lowest BCUT2D eigenvalue weighted by Crippen LogP contribution is -2.11. The van der Waals surface area contributed by atoms with Crippen molar-refractivity contribution in [2.45, 2.75) is 32.6 Å². The lowest BCUT2D eigenvalue weighted by atomic mass is 10.2. The summed E-state index contributed by atoms with van der Waals surface area (Å²) in [6.45, 7) is 3.17. The smallest absolute Gasteiger partial charge is 0.404 e. The molecule has 110 valence electrons. The SMILES string of the molecule is CCOC(N)=O.O.O=C=NCCCCCCN=C=O. The predicted molar refractivity (Wildman–Crippen MR) is 69.3 cm³/mol. The van der Waals surface area contributed by atoms with Gasteiger partial charge in [-0.2, -0.15) is 0 Å². The maximum Gasteiger partial charge on any atom is 0.404 e. The first-order valence-electron chi connectivity index (χ1n) is 5.68. The van der Waals surface area contributed by atoms with Gasteiger partial charge in [-0.3, -0.25) is 0 Å². The highest BCUT2D eigenvalue weighted by atomic mass is 16.5. The molecule has 4 N–H and O–H groups in total. The Labute approximate surface area is 112 Å². The van der Waals surface area contributed by atoms with Gasteiger partial charge in [0.15, 0.2) is 0 Å². The van der Waals surface area contributed by atoms with E-state index in [1.807, 2.05) is 0 Å². The number of carbonyl (C=O) groups is 1. The zero-order chi connectivity index (χ0) is 14.1. The number of nitrogens with two attached hydrogens (primary N) is 1. The van der Waals surface area contributed by atoms with Gasteiger partial charge in [-0.15, -0.1) is 0 Å². The summed E-state index contributed by atoms with van der Waals surface area (Å²) in [5.41, 5.74) is 4.54. The fourth-order valence-corrected chi connectivity index (χ4v) is 0.969. The van der Waals surface area contributed by atoms with Gasteiger partial charge in [-0.25, -0.2) is 24.4 Å². The molecule has 0 aromatic rings. The molecule has 0 aromatic carbocycles. The van der Waals surface area contributed by atoms with E-state index in [1.165, 1.54) is 12.2 Å². The molecule has 0 aliphatic rings. The van der Waals surface area contributed by atoms with Crippen molar-refractivity contribution in [1.29, 1.82) is 0 Å². The minimum absolute atomic E-state index is 0. The number of amides is 1. The Balaban J connectivity index is -0.000000313. The van der Waals surface area contributed by atoms with Crippen molar-refractivity contribution >= 4 is 18.3 Å². The van der Waals surface area contributed by atoms with Crippen LogP contribution < -0.4 is 5.73 Å². The van der Waals surface area contributed by atoms with Gasteiger partial charge in [0.05, 0.1) is 19.7 Å². The molecule has 0 rings (SSSR count). The predicted octanol–water partition coefficient (Wildman–Crippen LogP) is 0.495. The van der Waals surface area contributed by atoms with Gasteiger partial charge in [-0.05, 0) is 19.8 Å². The minimum atomic E-state index is -0.711. The van der Waals surface area contributed by atoms with Crippen LogP contribution in [0, 0.1) is 0 Å². The molecule has 1 amide bonds. The van der Waals surface area contributed by atoms with E-state index >= 15 is 0 Å². The number of rotatable bonds is 8. The van der Waals surface area contributed by atoms with Gasteiger partial charge >= 0.3 is 6.09 Å². The van der Waals surface area contributed by atoms with Crippen molar-refractivity contribution in [2.75, 3.05) is 19.7 Å². The largest absolute Gasteiger partial charge is 0.450 e. The van der Waals surface area contributed by atoms with Crippen LogP contribution in [0.4, 0.5) is 4.79 Å². The molecule has 0 aliphatic heterocycles. The fourth-order valence-electron chi connectivity index (χ4n) is 0.969. The Morgan fingerprint density at radius 3 is 1.68 bits per heavy atom. The maximum atomic E-state index is 9.63. The molecule has 19 heavy (non-hydrogen) atoms. The molecule has 0 radical (unpaired) electrons. The Kier molecular flexibility index (Phi) is 24.9. The zero-order valence-corrected chi connectivity index (χ0v) is 11.1. The average Bonchev–Trinajstić information content (AvgIpc) is 2.33. The van der Waals surface area contributed by atoms with E-state index < -0.39 is 6.09 Å². The van der Waals surface area contributed by atoms with Crippen LogP contribution in [0.1, 0.15) is 32.6 Å². The number of hydrogen-bond donors (Lipinski definition) is 1. The molecule has 8 heteroatoms. The summed E-state index contributed by atoms with van der Waals surface area (Å²) in [7, 11) is 0. The van der Waals surface area contributed by atoms with Crippen molar-refractivity contribution in [1.82, 2.24) is 0 Å². The van der Waals surface area contributed by atoms with Gasteiger partial charge in [0, 0.05) is 0 Å². The molecule has 0 spiro atoms. The number of nitrogens with zero attached hydrogens (tertiary/aromatic N) is 2. The van der Waals surface area contributed by atoms with Gasteiger partial charge in [-0.1, -0.05) is 12.8 Å². The number of hydrogen-bond acceptors (Lipinski definition) is 6. The van der Waals surface area contributed by atoms with Crippen LogP contribution in [0.15, 0.2) is 9.98 Å². The fraction of sp³-hybridized carbons (Fsp3) is 0.727. The third-order valence-electron chi connectivity index (χ3n) is 1.71. The Bertz CT molecular complexity index is 275. The standard InChI is InChI=1S/C8H12N2O2.C3H7NO2.H2O/c11-7-9-5-3-1-2-4-6-10-8-12;1-2-6-3(4)5;/h1-6H2;2H2,1H3,(H2,4,5);1H2. The van der Waals surface area contributed by atoms with E-state index in [0.29, 0.717) is 19.7 Å². The monoisotopic (exact) mass is 275 g/mol. The quantitative estimate of drug-likeness (QED) is 0.390. The summed E-state index contributed by atoms with van der Waals surface area (Å²) in [5.74, 6) is 0. The Morgan fingerprint density at radius 2 is 1.47 bits per heavy atom. The Hall–Kier alpha value is -2.01. The van der Waals surface area contributed by atoms with Gasteiger partial charge < -0.3 is 15.9 Å². The second-order valence-electron chi connectivity index (χ2n) is 3.11. The van der Waals surface area contributed by atoms with Gasteiger partial charge in [0.2, 0.25) is 12.2 Å². The van der Waals surface area contributed by atoms with Gasteiger partial charge in [0.1, 0.15) is 0 Å². The summed E-state index contributed by atoms with van der Waals surface area (Å²) in [5, 5.41) is 0. The summed E-state index contributed by atoms with van der Waals surface area (Å²) in [4.78, 5) is 35.7. The van der Waals surface area contributed by atoms with Crippen LogP contribution in [0.5, 0.6) is 0 Å². The molecule has 0 saturated carbocycles.